The molecule has 2 aromatic carbocycles. The first-order valence-corrected chi connectivity index (χ1v) is 11.6. The van der Waals surface area contributed by atoms with Crippen LogP contribution in [0, 0.1) is 13.8 Å². The molecule has 3 aromatic rings. The average Bonchev–Trinajstić information content (AvgIpc) is 3.21. The first-order valence-electron chi connectivity index (χ1n) is 11.6. The number of rotatable bonds is 6. The van der Waals surface area contributed by atoms with Gasteiger partial charge in [-0.25, -0.2) is 4.68 Å². The van der Waals surface area contributed by atoms with Gasteiger partial charge in [0.1, 0.15) is 0 Å². The highest BCUT2D eigenvalue weighted by Crippen LogP contribution is 2.24. The predicted molar refractivity (Wildman–Crippen MR) is 129 cm³/mol. The molecule has 168 valence electrons. The van der Waals surface area contributed by atoms with Gasteiger partial charge in [0.15, 0.2) is 0 Å². The molecule has 0 unspecified atom stereocenters. The lowest BCUT2D eigenvalue weighted by Gasteiger charge is -2.32. The van der Waals surface area contributed by atoms with E-state index >= 15 is 0 Å². The third-order valence-electron chi connectivity index (χ3n) is 6.29. The van der Waals surface area contributed by atoms with Crippen molar-refractivity contribution in [2.24, 2.45) is 0 Å². The molecule has 1 aliphatic heterocycles. The molecule has 5 nitrogen and oxygen atoms in total. The first-order chi connectivity index (χ1) is 15.4. The largest absolute Gasteiger partial charge is 0.349 e. The van der Waals surface area contributed by atoms with Crippen molar-refractivity contribution in [1.82, 2.24) is 20.0 Å². The van der Waals surface area contributed by atoms with Crippen LogP contribution in [0.4, 0.5) is 0 Å². The molecule has 1 fully saturated rings. The molecule has 1 aromatic heterocycles. The second-order valence-corrected chi connectivity index (χ2v) is 9.36. The summed E-state index contributed by atoms with van der Waals surface area (Å²) in [7, 11) is 0. The van der Waals surface area contributed by atoms with Crippen molar-refractivity contribution in [2.45, 2.75) is 59.0 Å². The number of aryl methyl sites for hydroxylation is 2. The lowest BCUT2D eigenvalue weighted by molar-refractivity contribution is 0.0907. The second kappa shape index (κ2) is 9.70. The van der Waals surface area contributed by atoms with Crippen molar-refractivity contribution in [3.05, 3.63) is 82.7 Å². The third-order valence-corrected chi connectivity index (χ3v) is 6.29. The van der Waals surface area contributed by atoms with Crippen LogP contribution in [0.25, 0.3) is 5.69 Å². The Bertz CT molecular complexity index is 1060. The number of hydrogen-bond acceptors (Lipinski definition) is 3. The van der Waals surface area contributed by atoms with Gasteiger partial charge >= 0.3 is 0 Å². The maximum Gasteiger partial charge on any atom is 0.255 e. The molecule has 5 heteroatoms. The SMILES string of the molecule is Cc1ccc(-n2ncc(C(=O)NC3CCN(Cc4cccc(C)c4)CC3)c2C(C)C)cc1. The summed E-state index contributed by atoms with van der Waals surface area (Å²) in [5.74, 6) is 0.180. The zero-order chi connectivity index (χ0) is 22.7. The van der Waals surface area contributed by atoms with Gasteiger partial charge in [-0.05, 0) is 50.3 Å². The summed E-state index contributed by atoms with van der Waals surface area (Å²) in [5, 5.41) is 7.84. The number of hydrogen-bond donors (Lipinski definition) is 1. The van der Waals surface area contributed by atoms with E-state index in [1.807, 2.05) is 4.68 Å². The summed E-state index contributed by atoms with van der Waals surface area (Å²) in [6.07, 6.45) is 3.67. The quantitative estimate of drug-likeness (QED) is 0.598. The molecule has 1 saturated heterocycles. The van der Waals surface area contributed by atoms with E-state index in [-0.39, 0.29) is 17.9 Å². The molecule has 1 N–H and O–H groups in total. The average molecular weight is 431 g/mol. The molecule has 4 rings (SSSR count). The molecule has 2 heterocycles. The van der Waals surface area contributed by atoms with Crippen molar-refractivity contribution in [2.75, 3.05) is 13.1 Å². The molecule has 0 aliphatic carbocycles. The van der Waals surface area contributed by atoms with Crippen LogP contribution in [0.15, 0.2) is 54.7 Å². The van der Waals surface area contributed by atoms with E-state index in [1.54, 1.807) is 6.20 Å². The number of carbonyl (C=O) groups excluding carboxylic acids is 1. The number of benzene rings is 2. The van der Waals surface area contributed by atoms with Gasteiger partial charge in [-0.15, -0.1) is 0 Å². The lowest BCUT2D eigenvalue weighted by Crippen LogP contribution is -2.44. The van der Waals surface area contributed by atoms with Gasteiger partial charge in [0.2, 0.25) is 0 Å². The van der Waals surface area contributed by atoms with E-state index in [2.05, 4.69) is 91.5 Å². The lowest BCUT2D eigenvalue weighted by atomic mass is 10.0. The normalized spacial score (nSPS) is 15.3. The minimum Gasteiger partial charge on any atom is -0.349 e. The molecule has 0 atom stereocenters. The summed E-state index contributed by atoms with van der Waals surface area (Å²) < 4.78 is 1.91. The fourth-order valence-corrected chi connectivity index (χ4v) is 4.55. The monoisotopic (exact) mass is 430 g/mol. The van der Waals surface area contributed by atoms with Crippen LogP contribution in [0.5, 0.6) is 0 Å². The number of carbonyl (C=O) groups is 1. The van der Waals surface area contributed by atoms with Crippen molar-refractivity contribution in [3.8, 4) is 5.69 Å². The highest BCUT2D eigenvalue weighted by Gasteiger charge is 2.25. The summed E-state index contributed by atoms with van der Waals surface area (Å²) >= 11 is 0. The Hall–Kier alpha value is -2.92. The third kappa shape index (κ3) is 5.10. The van der Waals surface area contributed by atoms with Crippen LogP contribution in [0.3, 0.4) is 0 Å². The van der Waals surface area contributed by atoms with Crippen molar-refractivity contribution >= 4 is 5.91 Å². The van der Waals surface area contributed by atoms with Gasteiger partial charge in [-0.1, -0.05) is 61.4 Å². The zero-order valence-corrected chi connectivity index (χ0v) is 19.6. The van der Waals surface area contributed by atoms with Gasteiger partial charge in [-0.3, -0.25) is 9.69 Å². The molecule has 0 saturated carbocycles. The number of nitrogens with one attached hydrogen (secondary N) is 1. The molecule has 1 amide bonds. The van der Waals surface area contributed by atoms with E-state index < -0.39 is 0 Å². The fourth-order valence-electron chi connectivity index (χ4n) is 4.55. The van der Waals surface area contributed by atoms with Crippen molar-refractivity contribution in [1.29, 1.82) is 0 Å². The maximum atomic E-state index is 13.2. The minimum absolute atomic E-state index is 0.0100. The molecular formula is C27H34N4O. The van der Waals surface area contributed by atoms with Gasteiger partial charge in [0.25, 0.3) is 5.91 Å². The predicted octanol–water partition coefficient (Wildman–Crippen LogP) is 5.01. The summed E-state index contributed by atoms with van der Waals surface area (Å²) in [6, 6.07) is 17.2. The van der Waals surface area contributed by atoms with Gasteiger partial charge in [0.05, 0.1) is 23.1 Å². The van der Waals surface area contributed by atoms with Crippen molar-refractivity contribution in [3.63, 3.8) is 0 Å². The molecule has 32 heavy (non-hydrogen) atoms. The second-order valence-electron chi connectivity index (χ2n) is 9.36. The van der Waals surface area contributed by atoms with Crippen LogP contribution in [0.2, 0.25) is 0 Å². The first kappa shape index (κ1) is 22.3. The topological polar surface area (TPSA) is 50.2 Å². The zero-order valence-electron chi connectivity index (χ0n) is 19.6. The molecule has 0 bridgehead atoms. The van der Waals surface area contributed by atoms with Gasteiger partial charge < -0.3 is 5.32 Å². The number of nitrogens with zero attached hydrogens (tertiary/aromatic N) is 3. The molecular weight excluding hydrogens is 396 g/mol. The van der Waals surface area contributed by atoms with Crippen LogP contribution in [-0.4, -0.2) is 39.7 Å². The van der Waals surface area contributed by atoms with Crippen LogP contribution < -0.4 is 5.32 Å². The fraction of sp³-hybridized carbons (Fsp3) is 0.407. The van der Waals surface area contributed by atoms with E-state index in [0.717, 1.165) is 43.9 Å². The number of likely N-dealkylation sites (tertiary alicyclic amines) is 1. The highest BCUT2D eigenvalue weighted by atomic mass is 16.1. The van der Waals surface area contributed by atoms with E-state index in [4.69, 9.17) is 0 Å². The number of amides is 1. The highest BCUT2D eigenvalue weighted by molar-refractivity contribution is 5.95. The van der Waals surface area contributed by atoms with E-state index in [1.165, 1.54) is 16.7 Å². The molecule has 1 aliphatic rings. The van der Waals surface area contributed by atoms with Crippen LogP contribution >= 0.6 is 0 Å². The number of aromatic nitrogens is 2. The standard InChI is InChI=1S/C27H34N4O/c1-19(2)26-25(17-28-31(26)24-10-8-20(3)9-11-24)27(32)29-23-12-14-30(15-13-23)18-22-7-5-6-21(4)16-22/h5-11,16-17,19,23H,12-15,18H2,1-4H3,(H,29,32). The van der Waals surface area contributed by atoms with Crippen LogP contribution in [-0.2, 0) is 6.54 Å². The Morgan fingerprint density at radius 2 is 1.78 bits per heavy atom. The van der Waals surface area contributed by atoms with E-state index in [0.29, 0.717) is 5.56 Å². The van der Waals surface area contributed by atoms with Crippen LogP contribution in [0.1, 0.15) is 65.3 Å². The summed E-state index contributed by atoms with van der Waals surface area (Å²) in [5.41, 5.74) is 6.50. The maximum absolute atomic E-state index is 13.2. The van der Waals surface area contributed by atoms with E-state index in [9.17, 15) is 4.79 Å². The Kier molecular flexibility index (Phi) is 6.75. The Balaban J connectivity index is 1.40. The number of piperidine rings is 1. The van der Waals surface area contributed by atoms with Crippen molar-refractivity contribution < 1.29 is 4.79 Å². The summed E-state index contributed by atoms with van der Waals surface area (Å²) in [6.45, 7) is 11.4. The van der Waals surface area contributed by atoms with Gasteiger partial charge in [-0.2, -0.15) is 5.10 Å². The Morgan fingerprint density at radius 3 is 2.44 bits per heavy atom. The smallest absolute Gasteiger partial charge is 0.255 e. The summed E-state index contributed by atoms with van der Waals surface area (Å²) in [4.78, 5) is 15.6. The minimum atomic E-state index is -0.0100. The molecule has 0 spiro atoms. The molecule has 0 radical (unpaired) electrons. The Morgan fingerprint density at radius 1 is 1.06 bits per heavy atom. The Labute approximate surface area is 191 Å². The van der Waals surface area contributed by atoms with Gasteiger partial charge in [0, 0.05) is 25.7 Å².